The molecule has 148 valence electrons. The summed E-state index contributed by atoms with van der Waals surface area (Å²) in [6.45, 7) is 2.15. The molecule has 0 atom stereocenters. The Kier molecular flexibility index (Phi) is 6.73. The third kappa shape index (κ3) is 4.44. The highest BCUT2D eigenvalue weighted by Crippen LogP contribution is 2.18. The molecule has 0 amide bonds. The average molecular weight is 421 g/mol. The highest BCUT2D eigenvalue weighted by atomic mass is 32.2. The summed E-state index contributed by atoms with van der Waals surface area (Å²) >= 11 is 3.67. The van der Waals surface area contributed by atoms with Crippen molar-refractivity contribution in [3.8, 4) is 0 Å². The van der Waals surface area contributed by atoms with Gasteiger partial charge in [-0.25, -0.2) is 0 Å². The lowest BCUT2D eigenvalue weighted by atomic mass is 10.2. The standard InChI is InChI=1S/C25H28N2S2/c1-28-24-16-14-20-10-4-6-12-22(20)26(24)18-8-3-9-19-27-23-13-7-5-11-21(23)15-17-25(27)29-2/h4-7,10-17H,3,8-9,18-19H2,1-2H3/q+2. The molecule has 0 saturated carbocycles. The molecule has 2 nitrogen and oxygen atoms in total. The second-order valence-electron chi connectivity index (χ2n) is 7.23. The van der Waals surface area contributed by atoms with Crippen LogP contribution in [0.1, 0.15) is 19.3 Å². The number of hydrogen-bond donors (Lipinski definition) is 0. The number of hydrogen-bond acceptors (Lipinski definition) is 2. The van der Waals surface area contributed by atoms with Gasteiger partial charge in [-0.15, -0.1) is 0 Å². The van der Waals surface area contributed by atoms with Crippen molar-refractivity contribution >= 4 is 45.3 Å². The van der Waals surface area contributed by atoms with E-state index in [4.69, 9.17) is 0 Å². The van der Waals surface area contributed by atoms with Crippen molar-refractivity contribution in [3.05, 3.63) is 72.8 Å². The summed E-state index contributed by atoms with van der Waals surface area (Å²) in [4.78, 5) is 0. The lowest BCUT2D eigenvalue weighted by molar-refractivity contribution is -0.711. The van der Waals surface area contributed by atoms with Crippen LogP contribution in [0.4, 0.5) is 0 Å². The monoisotopic (exact) mass is 420 g/mol. The summed E-state index contributed by atoms with van der Waals surface area (Å²) in [5, 5.41) is 5.33. The molecule has 4 rings (SSSR count). The zero-order valence-electron chi connectivity index (χ0n) is 17.2. The molecule has 0 aliphatic rings. The van der Waals surface area contributed by atoms with Gasteiger partial charge in [-0.3, -0.25) is 0 Å². The molecule has 0 spiro atoms. The number of aromatic nitrogens is 2. The van der Waals surface area contributed by atoms with Gasteiger partial charge in [0.15, 0.2) is 0 Å². The lowest BCUT2D eigenvalue weighted by Gasteiger charge is -2.07. The van der Waals surface area contributed by atoms with Gasteiger partial charge >= 0.3 is 0 Å². The van der Waals surface area contributed by atoms with Gasteiger partial charge in [0.2, 0.25) is 21.1 Å². The Morgan fingerprint density at radius 2 is 1.00 bits per heavy atom. The van der Waals surface area contributed by atoms with E-state index < -0.39 is 0 Å². The zero-order chi connectivity index (χ0) is 20.1. The number of unbranched alkanes of at least 4 members (excludes halogenated alkanes) is 2. The number of nitrogens with zero attached hydrogens (tertiary/aromatic N) is 2. The number of para-hydroxylation sites is 2. The van der Waals surface area contributed by atoms with Gasteiger partial charge < -0.3 is 0 Å². The van der Waals surface area contributed by atoms with Crippen LogP contribution >= 0.6 is 23.5 Å². The third-order valence-corrected chi connectivity index (χ3v) is 7.03. The normalized spacial score (nSPS) is 11.4. The molecule has 0 N–H and O–H groups in total. The minimum absolute atomic E-state index is 1.08. The van der Waals surface area contributed by atoms with Crippen molar-refractivity contribution in [1.82, 2.24) is 0 Å². The van der Waals surface area contributed by atoms with Crippen LogP contribution in [0.5, 0.6) is 0 Å². The van der Waals surface area contributed by atoms with E-state index in [0.29, 0.717) is 0 Å². The molecular formula is C25H28N2S2+2. The second-order valence-corrected chi connectivity index (χ2v) is 8.89. The van der Waals surface area contributed by atoms with Crippen LogP contribution in [0, 0.1) is 0 Å². The van der Waals surface area contributed by atoms with Gasteiger partial charge in [0.25, 0.3) is 0 Å². The zero-order valence-corrected chi connectivity index (χ0v) is 18.8. The Balaban J connectivity index is 1.44. The topological polar surface area (TPSA) is 7.76 Å². The SMILES string of the molecule is CSc1ccc2ccccc2[n+]1CCCCC[n+]1c(SC)ccc2ccccc21. The first-order chi connectivity index (χ1) is 14.3. The lowest BCUT2D eigenvalue weighted by Crippen LogP contribution is -2.38. The van der Waals surface area contributed by atoms with Crippen molar-refractivity contribution in [1.29, 1.82) is 0 Å². The van der Waals surface area contributed by atoms with E-state index in [1.165, 1.54) is 51.1 Å². The first-order valence-corrected chi connectivity index (χ1v) is 12.7. The maximum absolute atomic E-state index is 2.48. The van der Waals surface area contributed by atoms with Crippen LogP contribution in [0.2, 0.25) is 0 Å². The smallest absolute Gasteiger partial charge is 0.186 e. The number of aryl methyl sites for hydroxylation is 2. The summed E-state index contributed by atoms with van der Waals surface area (Å²) in [6.07, 6.45) is 7.97. The van der Waals surface area contributed by atoms with Gasteiger partial charge in [-0.2, -0.15) is 9.13 Å². The van der Waals surface area contributed by atoms with Crippen molar-refractivity contribution in [2.45, 2.75) is 42.4 Å². The summed E-state index contributed by atoms with van der Waals surface area (Å²) in [5.41, 5.74) is 2.68. The first kappa shape index (κ1) is 20.2. The highest BCUT2D eigenvalue weighted by molar-refractivity contribution is 7.98. The van der Waals surface area contributed by atoms with Gasteiger partial charge in [-0.05, 0) is 43.2 Å². The van der Waals surface area contributed by atoms with Crippen LogP contribution in [-0.2, 0) is 13.1 Å². The summed E-state index contributed by atoms with van der Waals surface area (Å²) < 4.78 is 4.97. The molecule has 2 heterocycles. The minimum atomic E-state index is 1.08. The molecule has 2 aromatic carbocycles. The van der Waals surface area contributed by atoms with E-state index in [2.05, 4.69) is 94.4 Å². The molecule has 0 unspecified atom stereocenters. The van der Waals surface area contributed by atoms with Crippen molar-refractivity contribution in [2.75, 3.05) is 12.5 Å². The number of fused-ring (bicyclic) bond motifs is 2. The van der Waals surface area contributed by atoms with Gasteiger partial charge in [0.1, 0.15) is 13.1 Å². The molecule has 0 saturated heterocycles. The molecule has 2 aromatic heterocycles. The molecule has 4 heteroatoms. The van der Waals surface area contributed by atoms with Crippen LogP contribution in [0.3, 0.4) is 0 Å². The van der Waals surface area contributed by atoms with Gasteiger partial charge in [-0.1, -0.05) is 47.8 Å². The summed E-state index contributed by atoms with van der Waals surface area (Å²) in [5.74, 6) is 0. The first-order valence-electron chi connectivity index (χ1n) is 10.2. The molecular weight excluding hydrogens is 392 g/mol. The summed E-state index contributed by atoms with van der Waals surface area (Å²) in [6, 6.07) is 26.4. The fourth-order valence-corrected chi connectivity index (χ4v) is 5.25. The fourth-order valence-electron chi connectivity index (χ4n) is 4.02. The molecule has 0 bridgehead atoms. The van der Waals surface area contributed by atoms with E-state index in [0.717, 1.165) is 13.1 Å². The Labute approximate surface area is 182 Å². The molecule has 29 heavy (non-hydrogen) atoms. The maximum Gasteiger partial charge on any atom is 0.240 e. The quantitative estimate of drug-likeness (QED) is 0.200. The molecule has 0 aliphatic heterocycles. The van der Waals surface area contributed by atoms with Crippen LogP contribution in [-0.4, -0.2) is 12.5 Å². The predicted molar refractivity (Wildman–Crippen MR) is 126 cm³/mol. The number of pyridine rings is 2. The van der Waals surface area contributed by atoms with Crippen LogP contribution in [0.25, 0.3) is 21.8 Å². The number of rotatable bonds is 8. The third-order valence-electron chi connectivity index (χ3n) is 5.48. The minimum Gasteiger partial charge on any atom is -0.186 e. The van der Waals surface area contributed by atoms with Crippen LogP contribution in [0.15, 0.2) is 82.8 Å². The van der Waals surface area contributed by atoms with E-state index in [9.17, 15) is 0 Å². The summed E-state index contributed by atoms with van der Waals surface area (Å²) in [7, 11) is 0. The van der Waals surface area contributed by atoms with E-state index in [-0.39, 0.29) is 0 Å². The Bertz CT molecular complexity index is 1030. The largest absolute Gasteiger partial charge is 0.240 e. The van der Waals surface area contributed by atoms with Gasteiger partial charge in [0, 0.05) is 47.9 Å². The van der Waals surface area contributed by atoms with Crippen LogP contribution < -0.4 is 9.13 Å². The molecule has 0 radical (unpaired) electrons. The fraction of sp³-hybridized carbons (Fsp3) is 0.280. The molecule has 0 fully saturated rings. The number of benzene rings is 2. The predicted octanol–water partition coefficient (Wildman–Crippen LogP) is 5.88. The Morgan fingerprint density at radius 1 is 0.552 bits per heavy atom. The molecule has 0 aliphatic carbocycles. The van der Waals surface area contributed by atoms with E-state index >= 15 is 0 Å². The highest BCUT2D eigenvalue weighted by Gasteiger charge is 2.16. The van der Waals surface area contributed by atoms with Crippen molar-refractivity contribution < 1.29 is 9.13 Å². The van der Waals surface area contributed by atoms with Gasteiger partial charge in [0.05, 0.1) is 0 Å². The maximum atomic E-state index is 2.48. The Hall–Kier alpha value is -2.04. The number of thioether (sulfide) groups is 2. The van der Waals surface area contributed by atoms with E-state index in [1.54, 1.807) is 0 Å². The second kappa shape index (κ2) is 9.64. The van der Waals surface area contributed by atoms with Crippen molar-refractivity contribution in [3.63, 3.8) is 0 Å². The van der Waals surface area contributed by atoms with E-state index in [1.807, 2.05) is 23.5 Å². The van der Waals surface area contributed by atoms with Crippen molar-refractivity contribution in [2.24, 2.45) is 0 Å². The average Bonchev–Trinajstić information content (AvgIpc) is 2.78. The molecule has 4 aromatic rings. The Morgan fingerprint density at radius 3 is 1.45 bits per heavy atom.